The molecule has 0 unspecified atom stereocenters. The molecule has 0 aliphatic rings. The molecule has 134 valence electrons. The van der Waals surface area contributed by atoms with Gasteiger partial charge in [-0.25, -0.2) is 0 Å². The lowest BCUT2D eigenvalue weighted by molar-refractivity contribution is 0.0957. The van der Waals surface area contributed by atoms with Crippen molar-refractivity contribution < 1.29 is 9.90 Å². The highest BCUT2D eigenvalue weighted by atomic mass is 16.3. The number of carbonyl (C=O) groups excluding carboxylic acids is 1. The first-order valence-electron chi connectivity index (χ1n) is 8.93. The number of amides is 1. The first-order chi connectivity index (χ1) is 13.2. The number of carbonyl (C=O) groups is 1. The standard InChI is InChI=1S/C23H20N2O2/c26-20-10-8-19(9-11-20)24-12-13-25-23(27)21-7-3-6-18-14-16-4-1-2-5-17(16)15-22(18)21/h1-11,14-15,24,26H,12-13H2,(H,25,27). The number of fused-ring (bicyclic) bond motifs is 2. The molecule has 4 rings (SSSR count). The predicted octanol–water partition coefficient (Wildman–Crippen LogP) is 4.54. The maximum absolute atomic E-state index is 12.7. The average molecular weight is 356 g/mol. The zero-order valence-electron chi connectivity index (χ0n) is 14.8. The number of phenols is 1. The van der Waals surface area contributed by atoms with Crippen LogP contribution in [-0.4, -0.2) is 24.1 Å². The van der Waals surface area contributed by atoms with Gasteiger partial charge in [-0.1, -0.05) is 36.4 Å². The van der Waals surface area contributed by atoms with Crippen LogP contribution in [0, 0.1) is 0 Å². The van der Waals surface area contributed by atoms with Crippen LogP contribution in [0.3, 0.4) is 0 Å². The SMILES string of the molecule is O=C(NCCNc1ccc(O)cc1)c1cccc2cc3ccccc3cc12. The van der Waals surface area contributed by atoms with Crippen LogP contribution >= 0.6 is 0 Å². The summed E-state index contributed by atoms with van der Waals surface area (Å²) in [7, 11) is 0. The van der Waals surface area contributed by atoms with Gasteiger partial charge in [0.15, 0.2) is 0 Å². The number of rotatable bonds is 5. The summed E-state index contributed by atoms with van der Waals surface area (Å²) in [5, 5.41) is 19.8. The lowest BCUT2D eigenvalue weighted by Crippen LogP contribution is -2.28. The molecule has 0 aliphatic heterocycles. The third-order valence-electron chi connectivity index (χ3n) is 4.60. The van der Waals surface area contributed by atoms with Crippen molar-refractivity contribution in [3.8, 4) is 5.75 Å². The van der Waals surface area contributed by atoms with Gasteiger partial charge >= 0.3 is 0 Å². The van der Waals surface area contributed by atoms with Crippen molar-refractivity contribution in [3.05, 3.63) is 84.4 Å². The van der Waals surface area contributed by atoms with Crippen LogP contribution in [0.25, 0.3) is 21.5 Å². The maximum Gasteiger partial charge on any atom is 0.251 e. The molecule has 0 aliphatic carbocycles. The van der Waals surface area contributed by atoms with Crippen molar-refractivity contribution in [2.24, 2.45) is 0 Å². The van der Waals surface area contributed by atoms with Crippen LogP contribution < -0.4 is 10.6 Å². The van der Waals surface area contributed by atoms with E-state index in [0.29, 0.717) is 18.7 Å². The molecule has 0 heterocycles. The van der Waals surface area contributed by atoms with E-state index in [1.165, 1.54) is 5.39 Å². The van der Waals surface area contributed by atoms with Crippen molar-refractivity contribution in [3.63, 3.8) is 0 Å². The highest BCUT2D eigenvalue weighted by Gasteiger charge is 2.10. The molecule has 0 saturated carbocycles. The predicted molar refractivity (Wildman–Crippen MR) is 110 cm³/mol. The van der Waals surface area contributed by atoms with Crippen LogP contribution in [0.5, 0.6) is 5.75 Å². The van der Waals surface area contributed by atoms with Crippen LogP contribution in [-0.2, 0) is 0 Å². The van der Waals surface area contributed by atoms with E-state index in [2.05, 4.69) is 34.9 Å². The van der Waals surface area contributed by atoms with E-state index >= 15 is 0 Å². The monoisotopic (exact) mass is 356 g/mol. The normalized spacial score (nSPS) is 10.8. The van der Waals surface area contributed by atoms with Crippen molar-refractivity contribution in [2.45, 2.75) is 0 Å². The third kappa shape index (κ3) is 3.70. The molecule has 4 aromatic carbocycles. The van der Waals surface area contributed by atoms with Gasteiger partial charge in [-0.05, 0) is 64.0 Å². The number of aromatic hydroxyl groups is 1. The summed E-state index contributed by atoms with van der Waals surface area (Å²) in [6.07, 6.45) is 0. The molecule has 4 nitrogen and oxygen atoms in total. The van der Waals surface area contributed by atoms with E-state index in [1.807, 2.05) is 30.3 Å². The van der Waals surface area contributed by atoms with Gasteiger partial charge < -0.3 is 15.7 Å². The molecule has 3 N–H and O–H groups in total. The lowest BCUT2D eigenvalue weighted by Gasteiger charge is -2.10. The van der Waals surface area contributed by atoms with E-state index in [9.17, 15) is 9.90 Å². The van der Waals surface area contributed by atoms with E-state index in [-0.39, 0.29) is 11.7 Å². The van der Waals surface area contributed by atoms with Crippen LogP contribution in [0.4, 0.5) is 5.69 Å². The largest absolute Gasteiger partial charge is 0.508 e. The Bertz CT molecular complexity index is 1100. The zero-order chi connectivity index (χ0) is 18.6. The molecule has 0 saturated heterocycles. The van der Waals surface area contributed by atoms with Crippen LogP contribution in [0.15, 0.2) is 78.9 Å². The van der Waals surface area contributed by atoms with Crippen molar-refractivity contribution in [2.75, 3.05) is 18.4 Å². The first-order valence-corrected chi connectivity index (χ1v) is 8.93. The number of hydrogen-bond acceptors (Lipinski definition) is 3. The van der Waals surface area contributed by atoms with Crippen LogP contribution in [0.1, 0.15) is 10.4 Å². The Morgan fingerprint density at radius 2 is 1.48 bits per heavy atom. The summed E-state index contributed by atoms with van der Waals surface area (Å²) < 4.78 is 0. The molecule has 1 amide bonds. The van der Waals surface area contributed by atoms with E-state index < -0.39 is 0 Å². The molecule has 0 fully saturated rings. The number of anilines is 1. The van der Waals surface area contributed by atoms with E-state index in [0.717, 1.165) is 21.8 Å². The fourth-order valence-electron chi connectivity index (χ4n) is 3.22. The summed E-state index contributed by atoms with van der Waals surface area (Å²) in [6.45, 7) is 1.11. The highest BCUT2D eigenvalue weighted by Crippen LogP contribution is 2.25. The van der Waals surface area contributed by atoms with Crippen molar-refractivity contribution in [1.29, 1.82) is 0 Å². The molecule has 0 spiro atoms. The Morgan fingerprint density at radius 3 is 2.26 bits per heavy atom. The molecular weight excluding hydrogens is 336 g/mol. The van der Waals surface area contributed by atoms with Gasteiger partial charge in [0.05, 0.1) is 0 Å². The fraction of sp³-hybridized carbons (Fsp3) is 0.0870. The minimum Gasteiger partial charge on any atom is -0.508 e. The number of nitrogens with one attached hydrogen (secondary N) is 2. The topological polar surface area (TPSA) is 61.4 Å². The van der Waals surface area contributed by atoms with Gasteiger partial charge in [-0.3, -0.25) is 4.79 Å². The Balaban J connectivity index is 1.47. The zero-order valence-corrected chi connectivity index (χ0v) is 14.8. The molecule has 0 aromatic heterocycles. The summed E-state index contributed by atoms with van der Waals surface area (Å²) in [5.41, 5.74) is 1.58. The minimum absolute atomic E-state index is 0.0802. The second-order valence-corrected chi connectivity index (χ2v) is 6.46. The molecule has 0 bridgehead atoms. The summed E-state index contributed by atoms with van der Waals surface area (Å²) in [6, 6.07) is 25.0. The molecular formula is C23H20N2O2. The Labute approximate surface area is 157 Å². The smallest absolute Gasteiger partial charge is 0.251 e. The minimum atomic E-state index is -0.0802. The molecule has 0 radical (unpaired) electrons. The van der Waals surface area contributed by atoms with Gasteiger partial charge in [0, 0.05) is 24.3 Å². The van der Waals surface area contributed by atoms with Gasteiger partial charge in [0.1, 0.15) is 5.75 Å². The van der Waals surface area contributed by atoms with Gasteiger partial charge in [-0.2, -0.15) is 0 Å². The number of hydrogen-bond donors (Lipinski definition) is 3. The Kier molecular flexibility index (Phi) is 4.62. The molecule has 0 atom stereocenters. The molecule has 4 aromatic rings. The van der Waals surface area contributed by atoms with Gasteiger partial charge in [0.2, 0.25) is 0 Å². The maximum atomic E-state index is 12.7. The second kappa shape index (κ2) is 7.38. The second-order valence-electron chi connectivity index (χ2n) is 6.46. The lowest BCUT2D eigenvalue weighted by atomic mass is 9.99. The van der Waals surface area contributed by atoms with Crippen molar-refractivity contribution in [1.82, 2.24) is 5.32 Å². The van der Waals surface area contributed by atoms with E-state index in [4.69, 9.17) is 0 Å². The molecule has 4 heteroatoms. The third-order valence-corrected chi connectivity index (χ3v) is 4.60. The summed E-state index contributed by atoms with van der Waals surface area (Å²) in [5.74, 6) is 0.153. The highest BCUT2D eigenvalue weighted by molar-refractivity contribution is 6.10. The Hall–Kier alpha value is -3.53. The van der Waals surface area contributed by atoms with Gasteiger partial charge in [-0.15, -0.1) is 0 Å². The fourth-order valence-corrected chi connectivity index (χ4v) is 3.22. The quantitative estimate of drug-likeness (QED) is 0.279. The van der Waals surface area contributed by atoms with Crippen molar-refractivity contribution >= 4 is 33.1 Å². The van der Waals surface area contributed by atoms with Crippen LogP contribution in [0.2, 0.25) is 0 Å². The average Bonchev–Trinajstić information content (AvgIpc) is 2.70. The van der Waals surface area contributed by atoms with E-state index in [1.54, 1.807) is 24.3 Å². The van der Waals surface area contributed by atoms with Gasteiger partial charge in [0.25, 0.3) is 5.91 Å². The summed E-state index contributed by atoms with van der Waals surface area (Å²) in [4.78, 5) is 12.7. The summed E-state index contributed by atoms with van der Waals surface area (Å²) >= 11 is 0. The first kappa shape index (κ1) is 16.9. The molecule has 27 heavy (non-hydrogen) atoms. The Morgan fingerprint density at radius 1 is 0.778 bits per heavy atom. The number of benzene rings is 4. The number of phenolic OH excluding ortho intramolecular Hbond substituents is 1.